The summed E-state index contributed by atoms with van der Waals surface area (Å²) in [7, 11) is -4.59. The summed E-state index contributed by atoms with van der Waals surface area (Å²) in [5.74, 6) is -1.37. The normalized spacial score (nSPS) is 12.3. The lowest BCUT2D eigenvalue weighted by atomic mass is 10.0. The lowest BCUT2D eigenvalue weighted by Crippen LogP contribution is -2.53. The van der Waals surface area contributed by atoms with Crippen LogP contribution in [0.2, 0.25) is 10.0 Å². The van der Waals surface area contributed by atoms with E-state index in [0.717, 1.165) is 18.6 Å². The standard InChI is InChI=1S/C35H34Cl2F3N3O4S/c1-2-3-20-41-34(45)32(21-25-12-6-4-7-13-25)42(23-29-30(36)18-11-19-31(29)37)33(44)24-43(48(46,47)28-16-8-5-9-17-28)27-15-10-14-26(22-27)35(38,39)40/h4-19,22,32H,2-3,20-21,23-24H2,1H3,(H,41,45). The first-order valence-electron chi connectivity index (χ1n) is 15.1. The summed E-state index contributed by atoms with van der Waals surface area (Å²) < 4.78 is 70.0. The van der Waals surface area contributed by atoms with Gasteiger partial charge in [0.1, 0.15) is 12.6 Å². The van der Waals surface area contributed by atoms with Crippen molar-refractivity contribution in [3.63, 3.8) is 0 Å². The molecule has 7 nitrogen and oxygen atoms in total. The zero-order valence-electron chi connectivity index (χ0n) is 26.0. The minimum absolute atomic E-state index is 0.0433. The van der Waals surface area contributed by atoms with Crippen molar-refractivity contribution in [2.45, 2.75) is 49.8 Å². The number of hydrogen-bond donors (Lipinski definition) is 1. The van der Waals surface area contributed by atoms with Gasteiger partial charge >= 0.3 is 6.18 Å². The molecular formula is C35H34Cl2F3N3O4S. The predicted molar refractivity (Wildman–Crippen MR) is 181 cm³/mol. The first kappa shape index (κ1) is 36.8. The van der Waals surface area contributed by atoms with Gasteiger partial charge in [-0.1, -0.05) is 97.2 Å². The van der Waals surface area contributed by atoms with E-state index in [4.69, 9.17) is 23.2 Å². The highest BCUT2D eigenvalue weighted by atomic mass is 35.5. The minimum atomic E-state index is -4.79. The fourth-order valence-corrected chi connectivity index (χ4v) is 6.94. The summed E-state index contributed by atoms with van der Waals surface area (Å²) >= 11 is 13.0. The molecule has 1 atom stereocenters. The number of nitrogens with one attached hydrogen (secondary N) is 1. The van der Waals surface area contributed by atoms with Crippen LogP contribution in [-0.4, -0.2) is 44.3 Å². The minimum Gasteiger partial charge on any atom is -0.354 e. The summed E-state index contributed by atoms with van der Waals surface area (Å²) in [4.78, 5) is 29.3. The second-order valence-corrected chi connectivity index (χ2v) is 13.6. The lowest BCUT2D eigenvalue weighted by molar-refractivity contribution is -0.140. The van der Waals surface area contributed by atoms with Crippen molar-refractivity contribution in [3.8, 4) is 0 Å². The Bertz CT molecular complexity index is 1790. The highest BCUT2D eigenvalue weighted by molar-refractivity contribution is 7.92. The number of sulfonamides is 1. The van der Waals surface area contributed by atoms with Crippen molar-refractivity contribution in [1.29, 1.82) is 0 Å². The monoisotopic (exact) mass is 719 g/mol. The number of nitrogens with zero attached hydrogens (tertiary/aromatic N) is 2. The second kappa shape index (κ2) is 16.4. The van der Waals surface area contributed by atoms with Gasteiger partial charge in [0.2, 0.25) is 11.8 Å². The molecule has 0 aliphatic carbocycles. The van der Waals surface area contributed by atoms with Gasteiger partial charge in [-0.15, -0.1) is 0 Å². The first-order chi connectivity index (χ1) is 22.8. The molecule has 0 bridgehead atoms. The zero-order chi connectivity index (χ0) is 34.9. The fraction of sp³-hybridized carbons (Fsp3) is 0.257. The van der Waals surface area contributed by atoms with Gasteiger partial charge in [-0.05, 0) is 54.4 Å². The molecule has 0 spiro atoms. The molecule has 13 heteroatoms. The summed E-state index contributed by atoms with van der Waals surface area (Å²) in [6.45, 7) is 1.05. The van der Waals surface area contributed by atoms with Gasteiger partial charge in [0.25, 0.3) is 10.0 Å². The van der Waals surface area contributed by atoms with Crippen LogP contribution in [0.3, 0.4) is 0 Å². The third-order valence-corrected chi connectivity index (χ3v) is 10.1. The van der Waals surface area contributed by atoms with Crippen molar-refractivity contribution in [2.24, 2.45) is 0 Å². The van der Waals surface area contributed by atoms with Gasteiger partial charge in [0, 0.05) is 35.1 Å². The lowest BCUT2D eigenvalue weighted by Gasteiger charge is -2.34. The third kappa shape index (κ3) is 9.30. The van der Waals surface area contributed by atoms with E-state index in [1.165, 1.54) is 35.2 Å². The van der Waals surface area contributed by atoms with E-state index >= 15 is 0 Å². The van der Waals surface area contributed by atoms with Gasteiger partial charge in [0.05, 0.1) is 16.1 Å². The molecule has 0 radical (unpaired) electrons. The molecule has 4 rings (SSSR count). The van der Waals surface area contributed by atoms with Crippen molar-refractivity contribution >= 4 is 50.7 Å². The predicted octanol–water partition coefficient (Wildman–Crippen LogP) is 7.76. The van der Waals surface area contributed by atoms with Crippen molar-refractivity contribution < 1.29 is 31.2 Å². The molecule has 2 amide bonds. The average Bonchev–Trinajstić information content (AvgIpc) is 3.06. The Morgan fingerprint density at radius 2 is 1.46 bits per heavy atom. The van der Waals surface area contributed by atoms with E-state index < -0.39 is 46.2 Å². The van der Waals surface area contributed by atoms with Gasteiger partial charge in [0.15, 0.2) is 0 Å². The van der Waals surface area contributed by atoms with Gasteiger partial charge in [-0.2, -0.15) is 13.2 Å². The van der Waals surface area contributed by atoms with Crippen LogP contribution >= 0.6 is 23.2 Å². The summed E-state index contributed by atoms with van der Waals surface area (Å²) in [6.07, 6.45) is -3.27. The Kier molecular flexibility index (Phi) is 12.5. The third-order valence-electron chi connectivity index (χ3n) is 7.56. The maximum absolute atomic E-state index is 14.5. The van der Waals surface area contributed by atoms with E-state index in [0.29, 0.717) is 34.5 Å². The molecule has 0 aromatic heterocycles. The van der Waals surface area contributed by atoms with Crippen LogP contribution in [0.25, 0.3) is 0 Å². The smallest absolute Gasteiger partial charge is 0.354 e. The van der Waals surface area contributed by atoms with E-state index in [1.54, 1.807) is 54.6 Å². The molecule has 1 unspecified atom stereocenters. The van der Waals surface area contributed by atoms with Crippen molar-refractivity contribution in [3.05, 3.63) is 130 Å². The highest BCUT2D eigenvalue weighted by Gasteiger charge is 2.36. The number of halogens is 5. The summed E-state index contributed by atoms with van der Waals surface area (Å²) in [5, 5.41) is 3.27. The maximum Gasteiger partial charge on any atom is 0.416 e. The van der Waals surface area contributed by atoms with Crippen LogP contribution in [0, 0.1) is 0 Å². The van der Waals surface area contributed by atoms with E-state index in [9.17, 15) is 31.2 Å². The second-order valence-electron chi connectivity index (χ2n) is 10.9. The summed E-state index contributed by atoms with van der Waals surface area (Å²) in [5.41, 5.74) is -0.463. The van der Waals surface area contributed by atoms with E-state index in [2.05, 4.69) is 5.32 Å². The number of unbranched alkanes of at least 4 members (excludes halogenated alkanes) is 1. The SMILES string of the molecule is CCCCNC(=O)C(Cc1ccccc1)N(Cc1c(Cl)cccc1Cl)C(=O)CN(c1cccc(C(F)(F)F)c1)S(=O)(=O)c1ccccc1. The molecular weight excluding hydrogens is 686 g/mol. The number of carbonyl (C=O) groups excluding carboxylic acids is 2. The Hall–Kier alpha value is -4.06. The number of benzene rings is 4. The van der Waals surface area contributed by atoms with Gasteiger partial charge in [-0.3, -0.25) is 13.9 Å². The largest absolute Gasteiger partial charge is 0.416 e. The molecule has 0 saturated heterocycles. The molecule has 0 heterocycles. The van der Waals surface area contributed by atoms with Crippen LogP contribution in [0.4, 0.5) is 18.9 Å². The zero-order valence-corrected chi connectivity index (χ0v) is 28.3. The Morgan fingerprint density at radius 3 is 2.06 bits per heavy atom. The van der Waals surface area contributed by atoms with Crippen LogP contribution in [0.1, 0.15) is 36.5 Å². The molecule has 0 saturated carbocycles. The Labute approximate surface area is 288 Å². The maximum atomic E-state index is 14.5. The number of amides is 2. The molecule has 254 valence electrons. The first-order valence-corrected chi connectivity index (χ1v) is 17.3. The van der Waals surface area contributed by atoms with Gasteiger partial charge in [-0.25, -0.2) is 8.42 Å². The van der Waals surface area contributed by atoms with Crippen LogP contribution in [0.15, 0.2) is 108 Å². The van der Waals surface area contributed by atoms with Crippen LogP contribution in [-0.2, 0) is 38.8 Å². The molecule has 0 aliphatic rings. The van der Waals surface area contributed by atoms with Gasteiger partial charge < -0.3 is 10.2 Å². The highest BCUT2D eigenvalue weighted by Crippen LogP contribution is 2.34. The number of carbonyl (C=O) groups is 2. The van der Waals surface area contributed by atoms with Crippen molar-refractivity contribution in [2.75, 3.05) is 17.4 Å². The number of rotatable bonds is 14. The molecule has 0 aliphatic heterocycles. The quantitative estimate of drug-likeness (QED) is 0.135. The average molecular weight is 721 g/mol. The Morgan fingerprint density at radius 1 is 0.854 bits per heavy atom. The fourth-order valence-electron chi connectivity index (χ4n) is 5.00. The molecule has 0 fully saturated rings. The summed E-state index contributed by atoms with van der Waals surface area (Å²) in [6, 6.07) is 23.3. The van der Waals surface area contributed by atoms with Crippen LogP contribution in [0.5, 0.6) is 0 Å². The van der Waals surface area contributed by atoms with Crippen LogP contribution < -0.4 is 9.62 Å². The van der Waals surface area contributed by atoms with E-state index in [-0.39, 0.29) is 33.6 Å². The molecule has 4 aromatic carbocycles. The topological polar surface area (TPSA) is 86.8 Å². The number of hydrogen-bond acceptors (Lipinski definition) is 4. The molecule has 48 heavy (non-hydrogen) atoms. The molecule has 4 aromatic rings. The number of alkyl halides is 3. The Balaban J connectivity index is 1.85. The van der Waals surface area contributed by atoms with E-state index in [1.807, 2.05) is 6.92 Å². The van der Waals surface area contributed by atoms with Crippen molar-refractivity contribution in [1.82, 2.24) is 10.2 Å². The molecule has 1 N–H and O–H groups in total. The number of anilines is 1.